The van der Waals surface area contributed by atoms with Gasteiger partial charge in [-0.2, -0.15) is 8.78 Å². The first kappa shape index (κ1) is 23.1. The highest BCUT2D eigenvalue weighted by Crippen LogP contribution is 2.38. The molecule has 1 saturated carbocycles. The van der Waals surface area contributed by atoms with Gasteiger partial charge in [0, 0.05) is 6.42 Å². The van der Waals surface area contributed by atoms with E-state index in [1.54, 1.807) is 0 Å². The number of halogens is 2. The van der Waals surface area contributed by atoms with Gasteiger partial charge in [0.25, 0.3) is 0 Å². The maximum absolute atomic E-state index is 14.3. The maximum Gasteiger partial charge on any atom is 0.356 e. The highest BCUT2D eigenvalue weighted by molar-refractivity contribution is 5.22. The van der Waals surface area contributed by atoms with Crippen LogP contribution in [-0.2, 0) is 17.8 Å². The lowest BCUT2D eigenvalue weighted by Gasteiger charge is -2.30. The molecule has 1 nitrogen and oxygen atoms in total. The minimum Gasteiger partial charge on any atom is -0.316 e. The summed E-state index contributed by atoms with van der Waals surface area (Å²) in [6.07, 6.45) is 12.1. The molecule has 0 amide bonds. The quantitative estimate of drug-likeness (QED) is 0.258. The second kappa shape index (κ2) is 12.4. The molecule has 0 unspecified atom stereocenters. The first-order valence-electron chi connectivity index (χ1n) is 11.2. The summed E-state index contributed by atoms with van der Waals surface area (Å²) < 4.78 is 33.6. The Morgan fingerprint density at radius 1 is 1.00 bits per heavy atom. The Bertz CT molecular complexity index is 556. The summed E-state index contributed by atoms with van der Waals surface area (Å²) in [5.74, 6) is 0.798. The minimum absolute atomic E-state index is 0.0130. The molecule has 28 heavy (non-hydrogen) atoms. The molecule has 1 fully saturated rings. The minimum atomic E-state index is -3.03. The van der Waals surface area contributed by atoms with Crippen molar-refractivity contribution in [2.24, 2.45) is 11.8 Å². The lowest BCUT2D eigenvalue weighted by atomic mass is 9.78. The van der Waals surface area contributed by atoms with Crippen molar-refractivity contribution < 1.29 is 13.5 Å². The van der Waals surface area contributed by atoms with Crippen LogP contribution in [0.25, 0.3) is 0 Å². The van der Waals surface area contributed by atoms with Crippen molar-refractivity contribution in [2.75, 3.05) is 0 Å². The Kier molecular flexibility index (Phi) is 10.2. The Labute approximate surface area is 170 Å². The summed E-state index contributed by atoms with van der Waals surface area (Å²) in [7, 11) is 0. The summed E-state index contributed by atoms with van der Waals surface area (Å²) in [6.45, 7) is 4.22. The highest BCUT2D eigenvalue weighted by atomic mass is 19.3. The van der Waals surface area contributed by atoms with Crippen molar-refractivity contribution in [3.05, 3.63) is 47.5 Å². The molecular weight excluding hydrogens is 354 g/mol. The fourth-order valence-electron chi connectivity index (χ4n) is 4.19. The molecule has 1 aromatic rings. The van der Waals surface area contributed by atoms with Crippen molar-refractivity contribution in [1.29, 1.82) is 0 Å². The number of aryl methyl sites for hydroxylation is 1. The zero-order valence-electron chi connectivity index (χ0n) is 17.8. The van der Waals surface area contributed by atoms with E-state index >= 15 is 0 Å². The lowest BCUT2D eigenvalue weighted by molar-refractivity contribution is -0.256. The summed E-state index contributed by atoms with van der Waals surface area (Å²) in [5, 5.41) is 0. The summed E-state index contributed by atoms with van der Waals surface area (Å²) >= 11 is 0. The van der Waals surface area contributed by atoms with Gasteiger partial charge < -0.3 is 4.74 Å². The average molecular weight is 393 g/mol. The van der Waals surface area contributed by atoms with Crippen LogP contribution in [0, 0.1) is 11.8 Å². The molecule has 0 saturated heterocycles. The number of ether oxygens (including phenoxy) is 1. The predicted octanol–water partition coefficient (Wildman–Crippen LogP) is 8.08. The van der Waals surface area contributed by atoms with E-state index in [-0.39, 0.29) is 18.9 Å². The highest BCUT2D eigenvalue weighted by Gasteiger charge is 2.35. The number of hydrogen-bond donors (Lipinski definition) is 0. The van der Waals surface area contributed by atoms with Gasteiger partial charge in [-0.05, 0) is 68.4 Å². The number of unbranched alkanes of at least 4 members (excludes halogenated alkanes) is 2. The van der Waals surface area contributed by atoms with E-state index in [0.717, 1.165) is 44.1 Å². The fourth-order valence-corrected chi connectivity index (χ4v) is 4.19. The van der Waals surface area contributed by atoms with Crippen LogP contribution in [0.15, 0.2) is 36.4 Å². The molecule has 0 heterocycles. The number of hydrogen-bond acceptors (Lipinski definition) is 1. The molecule has 1 aliphatic rings. The first-order valence-corrected chi connectivity index (χ1v) is 11.2. The van der Waals surface area contributed by atoms with E-state index in [4.69, 9.17) is 4.74 Å². The van der Waals surface area contributed by atoms with Gasteiger partial charge in [0.2, 0.25) is 0 Å². The van der Waals surface area contributed by atoms with E-state index in [2.05, 4.69) is 19.1 Å². The molecule has 0 N–H and O–H groups in total. The van der Waals surface area contributed by atoms with Gasteiger partial charge in [0.05, 0.1) is 6.61 Å². The predicted molar refractivity (Wildman–Crippen MR) is 114 cm³/mol. The van der Waals surface area contributed by atoms with E-state index < -0.39 is 6.11 Å². The van der Waals surface area contributed by atoms with Crippen LogP contribution in [0.5, 0.6) is 0 Å². The van der Waals surface area contributed by atoms with Crippen LogP contribution in [-0.4, -0.2) is 6.11 Å². The summed E-state index contributed by atoms with van der Waals surface area (Å²) in [6, 6.07) is 7.93. The molecule has 0 aliphatic heterocycles. The fraction of sp³-hybridized carbons (Fsp3) is 0.680. The van der Waals surface area contributed by atoms with Crippen LogP contribution in [0.3, 0.4) is 0 Å². The van der Waals surface area contributed by atoms with Crippen LogP contribution < -0.4 is 0 Å². The topological polar surface area (TPSA) is 9.23 Å². The monoisotopic (exact) mass is 392 g/mol. The Morgan fingerprint density at radius 2 is 1.64 bits per heavy atom. The van der Waals surface area contributed by atoms with E-state index in [9.17, 15) is 8.78 Å². The van der Waals surface area contributed by atoms with Crippen LogP contribution in [0.4, 0.5) is 8.78 Å². The SMILES string of the molecule is CC=CCC[C@H]1CC[C@H](CC(F)(F)OCc2ccc(CCCCC)cc2)CC1. The molecule has 158 valence electrons. The van der Waals surface area contributed by atoms with Crippen LogP contribution in [0.1, 0.15) is 89.2 Å². The molecule has 3 heteroatoms. The second-order valence-corrected chi connectivity index (χ2v) is 8.44. The molecule has 0 spiro atoms. The van der Waals surface area contributed by atoms with Gasteiger partial charge in [0.15, 0.2) is 0 Å². The van der Waals surface area contributed by atoms with Crippen LogP contribution in [0.2, 0.25) is 0 Å². The molecular formula is C25H38F2O. The Balaban J connectivity index is 1.69. The summed E-state index contributed by atoms with van der Waals surface area (Å²) in [4.78, 5) is 0. The molecule has 0 aromatic heterocycles. The zero-order valence-corrected chi connectivity index (χ0v) is 17.8. The number of rotatable bonds is 12. The van der Waals surface area contributed by atoms with Gasteiger partial charge in [-0.15, -0.1) is 0 Å². The molecule has 0 radical (unpaired) electrons. The standard InChI is InChI=1S/C25H38F2O/c1-3-5-7-9-21-11-15-23(16-12-21)19-25(26,27)28-20-24-17-13-22(14-18-24)10-8-6-4-2/h3,5,13-14,17-18,21,23H,4,6-12,15-16,19-20H2,1-2H3/t21-,23-. The average Bonchev–Trinajstić information content (AvgIpc) is 2.69. The normalized spacial score (nSPS) is 20.7. The van der Waals surface area contributed by atoms with Crippen molar-refractivity contribution in [1.82, 2.24) is 0 Å². The van der Waals surface area contributed by atoms with Crippen molar-refractivity contribution in [3.63, 3.8) is 0 Å². The van der Waals surface area contributed by atoms with Gasteiger partial charge in [-0.25, -0.2) is 0 Å². The molecule has 1 aliphatic carbocycles. The van der Waals surface area contributed by atoms with Gasteiger partial charge >= 0.3 is 6.11 Å². The summed E-state index contributed by atoms with van der Waals surface area (Å²) in [5.41, 5.74) is 2.10. The molecule has 1 aromatic carbocycles. The van der Waals surface area contributed by atoms with Crippen LogP contribution >= 0.6 is 0 Å². The second-order valence-electron chi connectivity index (χ2n) is 8.44. The van der Waals surface area contributed by atoms with Gasteiger partial charge in [-0.1, -0.05) is 69.0 Å². The molecule has 0 bridgehead atoms. The smallest absolute Gasteiger partial charge is 0.316 e. The number of allylic oxidation sites excluding steroid dienone is 2. The van der Waals surface area contributed by atoms with E-state index in [0.29, 0.717) is 5.92 Å². The number of alkyl halides is 2. The first-order chi connectivity index (χ1) is 13.5. The molecule has 0 atom stereocenters. The maximum atomic E-state index is 14.3. The van der Waals surface area contributed by atoms with Gasteiger partial charge in [-0.3, -0.25) is 0 Å². The lowest BCUT2D eigenvalue weighted by Crippen LogP contribution is -2.27. The third kappa shape index (κ3) is 8.86. The number of benzene rings is 1. The Morgan fingerprint density at radius 3 is 2.29 bits per heavy atom. The third-order valence-electron chi connectivity index (χ3n) is 6.01. The largest absolute Gasteiger partial charge is 0.356 e. The van der Waals surface area contributed by atoms with Crippen molar-refractivity contribution in [3.8, 4) is 0 Å². The van der Waals surface area contributed by atoms with E-state index in [1.807, 2.05) is 31.2 Å². The zero-order chi connectivity index (χ0) is 20.2. The van der Waals surface area contributed by atoms with Crippen molar-refractivity contribution >= 4 is 0 Å². The van der Waals surface area contributed by atoms with E-state index in [1.165, 1.54) is 31.2 Å². The Hall–Kier alpha value is -1.22. The molecule has 2 rings (SSSR count). The van der Waals surface area contributed by atoms with Gasteiger partial charge in [0.1, 0.15) is 0 Å². The van der Waals surface area contributed by atoms with Crippen molar-refractivity contribution in [2.45, 2.75) is 97.2 Å². The third-order valence-corrected chi connectivity index (χ3v) is 6.01.